The number of carbonyl (C=O) groups is 1. The van der Waals surface area contributed by atoms with Crippen LogP contribution in [0.4, 0.5) is 4.39 Å². The lowest BCUT2D eigenvalue weighted by molar-refractivity contribution is -0.192. The summed E-state index contributed by atoms with van der Waals surface area (Å²) in [6.45, 7) is 9.46. The lowest BCUT2D eigenvalue weighted by atomic mass is 10.0. The van der Waals surface area contributed by atoms with Crippen LogP contribution in [0.1, 0.15) is 41.0 Å². The van der Waals surface area contributed by atoms with E-state index < -0.39 is 32.3 Å². The number of rotatable bonds is 6. The van der Waals surface area contributed by atoms with Crippen LogP contribution in [0.2, 0.25) is 5.04 Å². The van der Waals surface area contributed by atoms with Crippen molar-refractivity contribution in [2.45, 2.75) is 64.1 Å². The van der Waals surface area contributed by atoms with Gasteiger partial charge in [-0.2, -0.15) is 0 Å². The zero-order valence-corrected chi connectivity index (χ0v) is 19.4. The van der Waals surface area contributed by atoms with Crippen LogP contribution in [0.3, 0.4) is 0 Å². The van der Waals surface area contributed by atoms with E-state index in [-0.39, 0.29) is 18.1 Å². The van der Waals surface area contributed by atoms with Gasteiger partial charge in [-0.3, -0.25) is 4.79 Å². The molecule has 0 aliphatic carbocycles. The average Bonchev–Trinajstić information content (AvgIpc) is 2.95. The molecular weight excluding hydrogens is 399 g/mol. The molecule has 3 rings (SSSR count). The normalized spacial score (nSPS) is 24.6. The molecule has 6 heteroatoms. The molecule has 1 aliphatic rings. The predicted octanol–water partition coefficient (Wildman–Crippen LogP) is 3.97. The van der Waals surface area contributed by atoms with Crippen molar-refractivity contribution in [1.29, 1.82) is 0 Å². The van der Waals surface area contributed by atoms with E-state index in [0.717, 1.165) is 10.4 Å². The van der Waals surface area contributed by atoms with Crippen LogP contribution >= 0.6 is 0 Å². The summed E-state index contributed by atoms with van der Waals surface area (Å²) >= 11 is 0. The molecule has 1 saturated heterocycles. The van der Waals surface area contributed by atoms with Gasteiger partial charge in [-0.05, 0) is 22.3 Å². The van der Waals surface area contributed by atoms with E-state index in [1.165, 1.54) is 13.8 Å². The van der Waals surface area contributed by atoms with E-state index >= 15 is 0 Å². The van der Waals surface area contributed by atoms with Crippen molar-refractivity contribution in [2.75, 3.05) is 6.61 Å². The minimum absolute atomic E-state index is 0.114. The molecule has 1 fully saturated rings. The van der Waals surface area contributed by atoms with Gasteiger partial charge in [0.05, 0.1) is 12.7 Å². The molecule has 0 radical (unpaired) electrons. The SMILES string of the molecule is CC(=O)O[C@@H]1O[C@H](CO[Si](c2ccccc2)(c2ccccc2)C(C)(C)C)C[C@@]1(C)F. The largest absolute Gasteiger partial charge is 0.432 e. The minimum atomic E-state index is -2.73. The second kappa shape index (κ2) is 8.61. The zero-order valence-electron chi connectivity index (χ0n) is 18.4. The fraction of sp³-hybridized carbons (Fsp3) is 0.458. The van der Waals surface area contributed by atoms with Gasteiger partial charge in [-0.15, -0.1) is 0 Å². The molecule has 2 aromatic carbocycles. The monoisotopic (exact) mass is 430 g/mol. The Bertz CT molecular complexity index is 809. The second-order valence-electron chi connectivity index (χ2n) is 9.16. The van der Waals surface area contributed by atoms with Gasteiger partial charge >= 0.3 is 5.97 Å². The fourth-order valence-corrected chi connectivity index (χ4v) is 8.88. The van der Waals surface area contributed by atoms with Gasteiger partial charge in [-0.25, -0.2) is 4.39 Å². The topological polar surface area (TPSA) is 44.8 Å². The molecule has 4 nitrogen and oxygen atoms in total. The van der Waals surface area contributed by atoms with Gasteiger partial charge in [0.1, 0.15) is 0 Å². The first kappa shape index (κ1) is 22.7. The molecule has 3 atom stereocenters. The van der Waals surface area contributed by atoms with Crippen LogP contribution in [-0.4, -0.2) is 39.0 Å². The Hall–Kier alpha value is -2.02. The van der Waals surface area contributed by atoms with Crippen molar-refractivity contribution < 1.29 is 23.1 Å². The maximum atomic E-state index is 14.9. The van der Waals surface area contributed by atoms with Gasteiger partial charge in [0.2, 0.25) is 6.29 Å². The molecule has 30 heavy (non-hydrogen) atoms. The molecule has 0 spiro atoms. The van der Waals surface area contributed by atoms with Gasteiger partial charge < -0.3 is 13.9 Å². The molecular formula is C24H31FO4Si. The highest BCUT2D eigenvalue weighted by Crippen LogP contribution is 2.39. The molecule has 0 unspecified atom stereocenters. The van der Waals surface area contributed by atoms with Crippen LogP contribution in [-0.2, 0) is 18.7 Å². The van der Waals surface area contributed by atoms with Crippen LogP contribution < -0.4 is 10.4 Å². The van der Waals surface area contributed by atoms with Crippen molar-refractivity contribution in [1.82, 2.24) is 0 Å². The first-order chi connectivity index (χ1) is 14.1. The summed E-state index contributed by atoms with van der Waals surface area (Å²) in [4.78, 5) is 11.3. The van der Waals surface area contributed by atoms with Crippen molar-refractivity contribution in [3.05, 3.63) is 60.7 Å². The Kier molecular flexibility index (Phi) is 6.50. The molecule has 0 aromatic heterocycles. The van der Waals surface area contributed by atoms with Crippen LogP contribution in [0, 0.1) is 0 Å². The van der Waals surface area contributed by atoms with E-state index in [9.17, 15) is 9.18 Å². The third kappa shape index (κ3) is 4.51. The number of hydrogen-bond acceptors (Lipinski definition) is 4. The number of halogens is 1. The summed E-state index contributed by atoms with van der Waals surface area (Å²) < 4.78 is 32.5. The zero-order chi connectivity index (χ0) is 22.0. The summed E-state index contributed by atoms with van der Waals surface area (Å²) in [5.74, 6) is -0.558. The van der Waals surface area contributed by atoms with Crippen LogP contribution in [0.25, 0.3) is 0 Å². The molecule has 0 amide bonds. The highest BCUT2D eigenvalue weighted by Gasteiger charge is 2.53. The number of ether oxygens (including phenoxy) is 2. The van der Waals surface area contributed by atoms with Crippen molar-refractivity contribution >= 4 is 24.7 Å². The molecule has 2 aromatic rings. The lowest BCUT2D eigenvalue weighted by Crippen LogP contribution is -2.67. The first-order valence-electron chi connectivity index (χ1n) is 10.3. The number of benzene rings is 2. The summed E-state index contributed by atoms with van der Waals surface area (Å²) in [6.07, 6.45) is -1.59. The highest BCUT2D eigenvalue weighted by molar-refractivity contribution is 6.99. The van der Waals surface area contributed by atoms with Crippen molar-refractivity contribution in [3.8, 4) is 0 Å². The summed E-state index contributed by atoms with van der Waals surface area (Å²) in [6, 6.07) is 20.5. The second-order valence-corrected chi connectivity index (χ2v) is 13.5. The van der Waals surface area contributed by atoms with E-state index in [2.05, 4.69) is 45.0 Å². The Labute approximate surface area is 179 Å². The van der Waals surface area contributed by atoms with E-state index in [4.69, 9.17) is 13.9 Å². The maximum absolute atomic E-state index is 14.9. The Morgan fingerprint density at radius 3 is 2.03 bits per heavy atom. The lowest BCUT2D eigenvalue weighted by Gasteiger charge is -2.43. The molecule has 1 aliphatic heterocycles. The number of esters is 1. The Morgan fingerprint density at radius 2 is 1.60 bits per heavy atom. The Balaban J connectivity index is 1.94. The molecule has 0 N–H and O–H groups in total. The maximum Gasteiger partial charge on any atom is 0.305 e. The average molecular weight is 431 g/mol. The third-order valence-corrected chi connectivity index (χ3v) is 10.6. The summed E-state index contributed by atoms with van der Waals surface area (Å²) in [7, 11) is -2.73. The van der Waals surface area contributed by atoms with Crippen molar-refractivity contribution in [2.24, 2.45) is 0 Å². The number of hydrogen-bond donors (Lipinski definition) is 0. The fourth-order valence-electron chi connectivity index (χ4n) is 4.29. The summed E-state index contributed by atoms with van der Waals surface area (Å²) in [5.41, 5.74) is -1.74. The minimum Gasteiger partial charge on any atom is -0.432 e. The standard InChI is InChI=1S/C24H31FO4Si/c1-18(26)28-22-24(5,25)16-19(29-22)17-27-30(23(2,3)4,20-12-8-6-9-13-20)21-14-10-7-11-15-21/h6-15,19,22H,16-17H2,1-5H3/t19-,22+,24+/m0/s1. The molecule has 0 bridgehead atoms. The van der Waals surface area contributed by atoms with Gasteiger partial charge in [0.25, 0.3) is 8.32 Å². The summed E-state index contributed by atoms with van der Waals surface area (Å²) in [5, 5.41) is 2.13. The van der Waals surface area contributed by atoms with E-state index in [1.807, 2.05) is 36.4 Å². The highest BCUT2D eigenvalue weighted by atomic mass is 28.4. The quantitative estimate of drug-likeness (QED) is 0.514. The molecule has 0 saturated carbocycles. The first-order valence-corrected chi connectivity index (χ1v) is 12.2. The van der Waals surface area contributed by atoms with Crippen molar-refractivity contribution in [3.63, 3.8) is 0 Å². The number of alkyl halides is 1. The molecule has 162 valence electrons. The van der Waals surface area contributed by atoms with Crippen LogP contribution in [0.15, 0.2) is 60.7 Å². The Morgan fingerprint density at radius 1 is 1.10 bits per heavy atom. The van der Waals surface area contributed by atoms with Gasteiger partial charge in [-0.1, -0.05) is 81.4 Å². The number of carbonyl (C=O) groups excluding carboxylic acids is 1. The van der Waals surface area contributed by atoms with Gasteiger partial charge in [0.15, 0.2) is 5.67 Å². The van der Waals surface area contributed by atoms with E-state index in [1.54, 1.807) is 0 Å². The van der Waals surface area contributed by atoms with Gasteiger partial charge in [0, 0.05) is 13.3 Å². The smallest absolute Gasteiger partial charge is 0.305 e. The van der Waals surface area contributed by atoms with E-state index in [0.29, 0.717) is 0 Å². The predicted molar refractivity (Wildman–Crippen MR) is 118 cm³/mol. The molecule has 1 heterocycles. The third-order valence-electron chi connectivity index (χ3n) is 5.61. The van der Waals surface area contributed by atoms with Crippen LogP contribution in [0.5, 0.6) is 0 Å².